The van der Waals surface area contributed by atoms with Crippen LogP contribution in [0.3, 0.4) is 0 Å². The molecular weight excluding hydrogens is 322 g/mol. The lowest BCUT2D eigenvalue weighted by atomic mass is 10.2. The van der Waals surface area contributed by atoms with E-state index in [1.54, 1.807) is 24.3 Å². The van der Waals surface area contributed by atoms with Gasteiger partial charge >= 0.3 is 0 Å². The Balaban J connectivity index is 1.79. The Hall–Kier alpha value is -1.69. The van der Waals surface area contributed by atoms with Gasteiger partial charge in [0.2, 0.25) is 0 Å². The molecule has 0 aliphatic carbocycles. The second-order valence-corrected chi connectivity index (χ2v) is 7.41. The van der Waals surface area contributed by atoms with E-state index < -0.39 is 10.1 Å². The zero-order chi connectivity index (χ0) is 17.4. The zero-order valence-electron chi connectivity index (χ0n) is 14.3. The summed E-state index contributed by atoms with van der Waals surface area (Å²) >= 11 is 0. The van der Waals surface area contributed by atoms with E-state index in [2.05, 4.69) is 24.0 Å². The van der Waals surface area contributed by atoms with Crippen molar-refractivity contribution in [2.75, 3.05) is 19.7 Å². The van der Waals surface area contributed by atoms with Crippen LogP contribution in [-0.2, 0) is 20.8 Å². The number of hydrogen-bond donors (Lipinski definition) is 0. The van der Waals surface area contributed by atoms with Gasteiger partial charge in [0.1, 0.15) is 0 Å². The van der Waals surface area contributed by atoms with Crippen molar-refractivity contribution in [2.45, 2.75) is 31.7 Å². The highest BCUT2D eigenvalue weighted by Crippen LogP contribution is 2.13. The fraction of sp³-hybridized carbons (Fsp3) is 0.368. The molecule has 0 fully saturated rings. The van der Waals surface area contributed by atoms with Gasteiger partial charge < -0.3 is 0 Å². The van der Waals surface area contributed by atoms with Gasteiger partial charge in [0.25, 0.3) is 10.1 Å². The average Bonchev–Trinajstić information content (AvgIpc) is 2.59. The van der Waals surface area contributed by atoms with E-state index >= 15 is 0 Å². The van der Waals surface area contributed by atoms with Gasteiger partial charge in [0, 0.05) is 13.1 Å². The lowest BCUT2D eigenvalue weighted by Crippen LogP contribution is -2.25. The fourth-order valence-electron chi connectivity index (χ4n) is 2.42. The van der Waals surface area contributed by atoms with Crippen LogP contribution in [0.5, 0.6) is 0 Å². The van der Waals surface area contributed by atoms with Crippen LogP contribution in [-0.4, -0.2) is 33.0 Å². The summed E-state index contributed by atoms with van der Waals surface area (Å²) < 4.78 is 29.4. The summed E-state index contributed by atoms with van der Waals surface area (Å²) in [6.07, 6.45) is 0.672. The molecule has 24 heavy (non-hydrogen) atoms. The first-order valence-corrected chi connectivity index (χ1v) is 9.64. The van der Waals surface area contributed by atoms with Gasteiger partial charge in [-0.25, -0.2) is 0 Å². The smallest absolute Gasteiger partial charge is 0.296 e. The summed E-state index contributed by atoms with van der Waals surface area (Å²) in [7, 11) is -3.66. The van der Waals surface area contributed by atoms with Gasteiger partial charge in [-0.3, -0.25) is 9.08 Å². The first kappa shape index (κ1) is 18.6. The molecule has 0 bridgehead atoms. The molecule has 2 aromatic carbocycles. The first-order chi connectivity index (χ1) is 11.5. The van der Waals surface area contributed by atoms with Crippen LogP contribution < -0.4 is 0 Å². The predicted octanol–water partition coefficient (Wildman–Crippen LogP) is 3.61. The van der Waals surface area contributed by atoms with Crippen molar-refractivity contribution in [1.82, 2.24) is 4.90 Å². The van der Waals surface area contributed by atoms with E-state index in [1.165, 1.54) is 5.56 Å². The number of rotatable bonds is 9. The number of aryl methyl sites for hydroxylation is 1. The summed E-state index contributed by atoms with van der Waals surface area (Å²) in [5.41, 5.74) is 2.28. The molecule has 130 valence electrons. The lowest BCUT2D eigenvalue weighted by Gasteiger charge is -2.20. The summed E-state index contributed by atoms with van der Waals surface area (Å²) in [6, 6.07) is 17.0. The zero-order valence-corrected chi connectivity index (χ0v) is 15.1. The third kappa shape index (κ3) is 5.74. The number of nitrogens with zero attached hydrogens (tertiary/aromatic N) is 1. The maximum absolute atomic E-state index is 12.1. The van der Waals surface area contributed by atoms with Gasteiger partial charge in [-0.15, -0.1) is 0 Å². The van der Waals surface area contributed by atoms with E-state index in [1.807, 2.05) is 25.1 Å². The largest absolute Gasteiger partial charge is 0.299 e. The molecule has 0 aliphatic heterocycles. The van der Waals surface area contributed by atoms with E-state index in [9.17, 15) is 8.42 Å². The Morgan fingerprint density at radius 1 is 1.00 bits per heavy atom. The van der Waals surface area contributed by atoms with E-state index in [0.29, 0.717) is 6.42 Å². The second-order valence-electron chi connectivity index (χ2n) is 5.80. The molecule has 4 nitrogen and oxygen atoms in total. The predicted molar refractivity (Wildman–Crippen MR) is 96.3 cm³/mol. The van der Waals surface area contributed by atoms with Gasteiger partial charge in [-0.05, 0) is 37.6 Å². The molecule has 5 heteroatoms. The fourth-order valence-corrected chi connectivity index (χ4v) is 3.36. The highest BCUT2D eigenvalue weighted by Gasteiger charge is 2.14. The summed E-state index contributed by atoms with van der Waals surface area (Å²) in [5.74, 6) is 0. The summed E-state index contributed by atoms with van der Waals surface area (Å²) in [5, 5.41) is 0. The van der Waals surface area contributed by atoms with Gasteiger partial charge in [-0.2, -0.15) is 8.42 Å². The quantitative estimate of drug-likeness (QED) is 0.513. The molecule has 2 aromatic rings. The van der Waals surface area contributed by atoms with Gasteiger partial charge in [0.05, 0.1) is 11.5 Å². The van der Waals surface area contributed by atoms with Crippen LogP contribution in [0, 0.1) is 6.92 Å². The second kappa shape index (κ2) is 8.97. The Morgan fingerprint density at radius 2 is 1.67 bits per heavy atom. The van der Waals surface area contributed by atoms with Crippen LogP contribution in [0.4, 0.5) is 0 Å². The molecule has 0 aromatic heterocycles. The molecule has 0 spiro atoms. The Labute approximate surface area is 145 Å². The van der Waals surface area contributed by atoms with E-state index in [4.69, 9.17) is 4.18 Å². The number of hydrogen-bond acceptors (Lipinski definition) is 4. The topological polar surface area (TPSA) is 46.6 Å². The molecule has 0 aliphatic rings. The van der Waals surface area contributed by atoms with Crippen molar-refractivity contribution in [2.24, 2.45) is 0 Å². The molecule has 0 unspecified atom stereocenters. The molecule has 0 atom stereocenters. The molecule has 0 N–H and O–H groups in total. The number of benzene rings is 2. The van der Waals surface area contributed by atoms with Crippen LogP contribution >= 0.6 is 0 Å². The molecule has 2 rings (SSSR count). The van der Waals surface area contributed by atoms with Crippen molar-refractivity contribution in [1.29, 1.82) is 0 Å². The lowest BCUT2D eigenvalue weighted by molar-refractivity contribution is 0.238. The SMILES string of the molecule is CCN(CCCOS(=O)(=O)c1ccc(C)cc1)Cc1ccccc1. The standard InChI is InChI=1S/C19H25NO3S/c1-3-20(16-18-8-5-4-6-9-18)14-7-15-23-24(21,22)19-12-10-17(2)11-13-19/h4-6,8-13H,3,7,14-16H2,1-2H3. The van der Waals surface area contributed by atoms with Crippen LogP contribution in [0.25, 0.3) is 0 Å². The van der Waals surface area contributed by atoms with Crippen molar-refractivity contribution in [3.63, 3.8) is 0 Å². The summed E-state index contributed by atoms with van der Waals surface area (Å²) in [4.78, 5) is 2.49. The monoisotopic (exact) mass is 347 g/mol. The molecule has 0 saturated carbocycles. The average molecular weight is 347 g/mol. The maximum atomic E-state index is 12.1. The molecule has 0 saturated heterocycles. The highest BCUT2D eigenvalue weighted by atomic mass is 32.2. The maximum Gasteiger partial charge on any atom is 0.296 e. The van der Waals surface area contributed by atoms with Crippen LogP contribution in [0.2, 0.25) is 0 Å². The van der Waals surface area contributed by atoms with Crippen molar-refractivity contribution in [3.8, 4) is 0 Å². The van der Waals surface area contributed by atoms with Gasteiger partial charge in [-0.1, -0.05) is 55.0 Å². The molecule has 0 heterocycles. The third-order valence-electron chi connectivity index (χ3n) is 3.86. The van der Waals surface area contributed by atoms with Crippen molar-refractivity contribution < 1.29 is 12.6 Å². The molecule has 0 amide bonds. The highest BCUT2D eigenvalue weighted by molar-refractivity contribution is 7.86. The Kier molecular flexibility index (Phi) is 6.97. The minimum absolute atomic E-state index is 0.196. The minimum atomic E-state index is -3.66. The first-order valence-electron chi connectivity index (χ1n) is 8.23. The normalized spacial score (nSPS) is 11.8. The van der Waals surface area contributed by atoms with Crippen LogP contribution in [0.1, 0.15) is 24.5 Å². The van der Waals surface area contributed by atoms with Crippen molar-refractivity contribution in [3.05, 3.63) is 65.7 Å². The van der Waals surface area contributed by atoms with E-state index in [-0.39, 0.29) is 11.5 Å². The van der Waals surface area contributed by atoms with E-state index in [0.717, 1.165) is 25.2 Å². The third-order valence-corrected chi connectivity index (χ3v) is 5.19. The Morgan fingerprint density at radius 3 is 2.29 bits per heavy atom. The van der Waals surface area contributed by atoms with Crippen molar-refractivity contribution >= 4 is 10.1 Å². The minimum Gasteiger partial charge on any atom is -0.299 e. The summed E-state index contributed by atoms with van der Waals surface area (Å²) in [6.45, 7) is 6.80. The molecular formula is C19H25NO3S. The van der Waals surface area contributed by atoms with Gasteiger partial charge in [0.15, 0.2) is 0 Å². The molecule has 0 radical (unpaired) electrons. The van der Waals surface area contributed by atoms with Crippen LogP contribution in [0.15, 0.2) is 59.5 Å². The Bertz CT molecular complexity index is 712.